The van der Waals surface area contributed by atoms with Crippen LogP contribution < -0.4 is 4.90 Å². The molecule has 3 heteroatoms. The van der Waals surface area contributed by atoms with E-state index in [2.05, 4.69) is 48.5 Å². The van der Waals surface area contributed by atoms with E-state index in [1.54, 1.807) is 0 Å². The van der Waals surface area contributed by atoms with Crippen molar-refractivity contribution in [1.29, 1.82) is 0 Å². The van der Waals surface area contributed by atoms with E-state index < -0.39 is 0 Å². The number of rotatable bonds is 4. The highest BCUT2D eigenvalue weighted by atomic mass is 16.1. The number of benzene rings is 3. The van der Waals surface area contributed by atoms with Crippen LogP contribution in [0.2, 0.25) is 0 Å². The lowest BCUT2D eigenvalue weighted by molar-refractivity contribution is 0.0979. The molecule has 1 aliphatic rings. The molecule has 4 aromatic rings. The maximum atomic E-state index is 13.1. The standard InChI is InChI=1S/C27H22N2O/c1-29-18-23(25-16-15-19-9-5-7-13-24(19)28-25)22(21-12-6-8-14-26(21)29)17-27(30)20-10-3-2-4-11-20/h2-16,18,22H,17H2,1H3/t22-/m0/s1. The Morgan fingerprint density at radius 2 is 1.60 bits per heavy atom. The van der Waals surface area contributed by atoms with Crippen molar-refractivity contribution in [3.05, 3.63) is 114 Å². The highest BCUT2D eigenvalue weighted by Gasteiger charge is 2.29. The molecule has 146 valence electrons. The summed E-state index contributed by atoms with van der Waals surface area (Å²) in [6.07, 6.45) is 2.54. The molecule has 3 aromatic carbocycles. The molecule has 1 aromatic heterocycles. The average Bonchev–Trinajstić information content (AvgIpc) is 2.81. The second kappa shape index (κ2) is 7.60. The van der Waals surface area contributed by atoms with Crippen molar-refractivity contribution in [3.8, 4) is 0 Å². The average molecular weight is 390 g/mol. The number of hydrogen-bond acceptors (Lipinski definition) is 3. The van der Waals surface area contributed by atoms with Gasteiger partial charge in [0.25, 0.3) is 0 Å². The number of ketones is 1. The normalized spacial score (nSPS) is 15.6. The molecular formula is C27H22N2O. The van der Waals surface area contributed by atoms with Gasteiger partial charge in [0.05, 0.1) is 11.2 Å². The molecule has 1 atom stereocenters. The van der Waals surface area contributed by atoms with Gasteiger partial charge in [-0.05, 0) is 23.8 Å². The molecule has 0 aliphatic carbocycles. The minimum atomic E-state index is -0.0428. The number of fused-ring (bicyclic) bond motifs is 2. The van der Waals surface area contributed by atoms with Gasteiger partial charge in [-0.15, -0.1) is 0 Å². The Balaban J connectivity index is 1.60. The van der Waals surface area contributed by atoms with Gasteiger partial charge < -0.3 is 4.90 Å². The molecule has 0 spiro atoms. The van der Waals surface area contributed by atoms with E-state index in [0.717, 1.165) is 39.0 Å². The van der Waals surface area contributed by atoms with Gasteiger partial charge >= 0.3 is 0 Å². The van der Waals surface area contributed by atoms with Crippen molar-refractivity contribution >= 4 is 27.9 Å². The van der Waals surface area contributed by atoms with Crippen molar-refractivity contribution in [2.24, 2.45) is 0 Å². The largest absolute Gasteiger partial charge is 0.350 e. The summed E-state index contributed by atoms with van der Waals surface area (Å²) >= 11 is 0. The van der Waals surface area contributed by atoms with Gasteiger partial charge in [-0.2, -0.15) is 0 Å². The Bertz CT molecular complexity index is 1260. The van der Waals surface area contributed by atoms with Crippen LogP contribution in [-0.4, -0.2) is 17.8 Å². The first-order valence-corrected chi connectivity index (χ1v) is 10.2. The third-order valence-corrected chi connectivity index (χ3v) is 5.78. The van der Waals surface area contributed by atoms with E-state index in [-0.39, 0.29) is 11.7 Å². The van der Waals surface area contributed by atoms with Crippen LogP contribution >= 0.6 is 0 Å². The molecule has 5 rings (SSSR count). The molecule has 1 aliphatic heterocycles. The van der Waals surface area contributed by atoms with Gasteiger partial charge in [0.1, 0.15) is 0 Å². The number of para-hydroxylation sites is 2. The summed E-state index contributed by atoms with van der Waals surface area (Å²) in [4.78, 5) is 20.2. The zero-order valence-electron chi connectivity index (χ0n) is 16.8. The SMILES string of the molecule is CN1C=C(c2ccc3ccccc3n2)[C@@H](CC(=O)c2ccccc2)c2ccccc21. The Morgan fingerprint density at radius 1 is 0.867 bits per heavy atom. The molecule has 0 radical (unpaired) electrons. The third-order valence-electron chi connectivity index (χ3n) is 5.78. The molecule has 30 heavy (non-hydrogen) atoms. The van der Waals surface area contributed by atoms with Crippen molar-refractivity contribution in [2.75, 3.05) is 11.9 Å². The van der Waals surface area contributed by atoms with Gasteiger partial charge in [0.15, 0.2) is 5.78 Å². The minimum absolute atomic E-state index is 0.0428. The minimum Gasteiger partial charge on any atom is -0.350 e. The maximum absolute atomic E-state index is 13.1. The lowest BCUT2D eigenvalue weighted by Gasteiger charge is -2.32. The Labute approximate surface area is 176 Å². The van der Waals surface area contributed by atoms with Crippen molar-refractivity contribution in [2.45, 2.75) is 12.3 Å². The van der Waals surface area contributed by atoms with Crippen molar-refractivity contribution in [3.63, 3.8) is 0 Å². The summed E-state index contributed by atoms with van der Waals surface area (Å²) in [5.74, 6) is 0.102. The molecule has 3 nitrogen and oxygen atoms in total. The summed E-state index contributed by atoms with van der Waals surface area (Å²) in [5.41, 5.74) is 6.00. The number of hydrogen-bond donors (Lipinski definition) is 0. The number of aromatic nitrogens is 1. The highest BCUT2D eigenvalue weighted by molar-refractivity contribution is 5.98. The number of anilines is 1. The van der Waals surface area contributed by atoms with Crippen LogP contribution in [0.4, 0.5) is 5.69 Å². The van der Waals surface area contributed by atoms with Gasteiger partial charge in [0.2, 0.25) is 0 Å². The van der Waals surface area contributed by atoms with Crippen molar-refractivity contribution < 1.29 is 4.79 Å². The summed E-state index contributed by atoms with van der Waals surface area (Å²) in [6.45, 7) is 0. The van der Waals surface area contributed by atoms with E-state index in [4.69, 9.17) is 4.98 Å². The second-order valence-electron chi connectivity index (χ2n) is 7.69. The van der Waals surface area contributed by atoms with Crippen LogP contribution in [-0.2, 0) is 0 Å². The van der Waals surface area contributed by atoms with Gasteiger partial charge in [0, 0.05) is 47.8 Å². The summed E-state index contributed by atoms with van der Waals surface area (Å²) in [5, 5.41) is 1.11. The maximum Gasteiger partial charge on any atom is 0.163 e. The first-order chi connectivity index (χ1) is 14.7. The highest BCUT2D eigenvalue weighted by Crippen LogP contribution is 2.43. The lowest BCUT2D eigenvalue weighted by Crippen LogP contribution is -2.22. The first kappa shape index (κ1) is 18.3. The summed E-state index contributed by atoms with van der Waals surface area (Å²) < 4.78 is 0. The molecule has 0 saturated carbocycles. The molecule has 0 saturated heterocycles. The van der Waals surface area contributed by atoms with Crippen molar-refractivity contribution in [1.82, 2.24) is 4.98 Å². The number of carbonyl (C=O) groups is 1. The Hall–Kier alpha value is -3.72. The predicted molar refractivity (Wildman–Crippen MR) is 123 cm³/mol. The zero-order chi connectivity index (χ0) is 20.5. The fourth-order valence-corrected chi connectivity index (χ4v) is 4.26. The third kappa shape index (κ3) is 3.29. The zero-order valence-corrected chi connectivity index (χ0v) is 16.8. The number of pyridine rings is 1. The molecular weight excluding hydrogens is 368 g/mol. The first-order valence-electron chi connectivity index (χ1n) is 10.2. The number of allylic oxidation sites excluding steroid dienone is 1. The van der Waals surface area contributed by atoms with Crippen LogP contribution in [0.1, 0.15) is 34.0 Å². The van der Waals surface area contributed by atoms with Gasteiger partial charge in [-0.25, -0.2) is 4.98 Å². The molecule has 0 fully saturated rings. The van der Waals surface area contributed by atoms with E-state index in [9.17, 15) is 4.79 Å². The summed E-state index contributed by atoms with van der Waals surface area (Å²) in [7, 11) is 2.05. The fraction of sp³-hybridized carbons (Fsp3) is 0.111. The Morgan fingerprint density at radius 3 is 2.47 bits per heavy atom. The van der Waals surface area contributed by atoms with Crippen LogP contribution in [0, 0.1) is 0 Å². The predicted octanol–water partition coefficient (Wildman–Crippen LogP) is 6.08. The molecule has 0 amide bonds. The molecule has 2 heterocycles. The molecule has 0 N–H and O–H groups in total. The summed E-state index contributed by atoms with van der Waals surface area (Å²) in [6, 6.07) is 30.2. The number of nitrogens with zero attached hydrogens (tertiary/aromatic N) is 2. The Kier molecular flexibility index (Phi) is 4.64. The van der Waals surface area contributed by atoms with Gasteiger partial charge in [-0.3, -0.25) is 4.79 Å². The van der Waals surface area contributed by atoms with Crippen LogP contribution in [0.25, 0.3) is 16.5 Å². The topological polar surface area (TPSA) is 33.2 Å². The lowest BCUT2D eigenvalue weighted by atomic mass is 9.81. The van der Waals surface area contributed by atoms with Crippen LogP contribution in [0.5, 0.6) is 0 Å². The second-order valence-corrected chi connectivity index (χ2v) is 7.69. The molecule has 0 unspecified atom stereocenters. The number of carbonyl (C=O) groups excluding carboxylic acids is 1. The van der Waals surface area contributed by atoms with E-state index >= 15 is 0 Å². The van der Waals surface area contributed by atoms with E-state index in [1.165, 1.54) is 0 Å². The number of Topliss-reactive ketones (excluding diaryl/α,β-unsaturated/α-hetero) is 1. The fourth-order valence-electron chi connectivity index (χ4n) is 4.26. The molecule has 0 bridgehead atoms. The van der Waals surface area contributed by atoms with E-state index in [1.807, 2.05) is 60.7 Å². The quantitative estimate of drug-likeness (QED) is 0.396. The monoisotopic (exact) mass is 390 g/mol. The van der Waals surface area contributed by atoms with Crippen LogP contribution in [0.15, 0.2) is 97.2 Å². The van der Waals surface area contributed by atoms with Gasteiger partial charge in [-0.1, -0.05) is 72.8 Å². The van der Waals surface area contributed by atoms with E-state index in [0.29, 0.717) is 6.42 Å². The van der Waals surface area contributed by atoms with Crippen LogP contribution in [0.3, 0.4) is 0 Å². The smallest absolute Gasteiger partial charge is 0.163 e.